The van der Waals surface area contributed by atoms with Crippen LogP contribution in [0.5, 0.6) is 0 Å². The van der Waals surface area contributed by atoms with Crippen LogP contribution in [0.15, 0.2) is 0 Å². The maximum atomic E-state index is 12.4. The van der Waals surface area contributed by atoms with Crippen molar-refractivity contribution in [3.05, 3.63) is 0 Å². The van der Waals surface area contributed by atoms with E-state index in [2.05, 4.69) is 5.32 Å². The van der Waals surface area contributed by atoms with Crippen LogP contribution in [0.2, 0.25) is 0 Å². The Morgan fingerprint density at radius 2 is 2.16 bits per heavy atom. The summed E-state index contributed by atoms with van der Waals surface area (Å²) in [5.41, 5.74) is -0.474. The van der Waals surface area contributed by atoms with Gasteiger partial charge < -0.3 is 19.7 Å². The zero-order valence-corrected chi connectivity index (χ0v) is 11.0. The fourth-order valence-corrected chi connectivity index (χ4v) is 3.13. The Kier molecular flexibility index (Phi) is 3.35. The molecule has 0 radical (unpaired) electrons. The first-order chi connectivity index (χ1) is 9.19. The Hall–Kier alpha value is -1.30. The van der Waals surface area contributed by atoms with Crippen LogP contribution >= 0.6 is 0 Å². The first-order valence-electron chi connectivity index (χ1n) is 7.04. The number of piperidine rings is 2. The number of hydrogen-bond donors (Lipinski definition) is 1. The van der Waals surface area contributed by atoms with Gasteiger partial charge in [0, 0.05) is 32.5 Å². The second-order valence-corrected chi connectivity index (χ2v) is 5.69. The van der Waals surface area contributed by atoms with Gasteiger partial charge in [-0.1, -0.05) is 0 Å². The fourth-order valence-electron chi connectivity index (χ4n) is 3.13. The summed E-state index contributed by atoms with van der Waals surface area (Å²) in [5, 5.41) is 3.27. The summed E-state index contributed by atoms with van der Waals surface area (Å²) in [7, 11) is 0. The van der Waals surface area contributed by atoms with Crippen molar-refractivity contribution in [2.75, 3.05) is 32.8 Å². The molecule has 1 atom stereocenters. The van der Waals surface area contributed by atoms with E-state index in [4.69, 9.17) is 9.47 Å². The van der Waals surface area contributed by atoms with Crippen molar-refractivity contribution < 1.29 is 19.1 Å². The van der Waals surface area contributed by atoms with Crippen LogP contribution in [-0.4, -0.2) is 55.3 Å². The van der Waals surface area contributed by atoms with Crippen LogP contribution in [0.4, 0.5) is 4.79 Å². The Morgan fingerprint density at radius 3 is 2.74 bits per heavy atom. The molecule has 1 amide bonds. The van der Waals surface area contributed by atoms with Gasteiger partial charge in [-0.15, -0.1) is 0 Å². The molecular formula is C13H20N2O4. The summed E-state index contributed by atoms with van der Waals surface area (Å²) in [5.74, 6) is 0.359. The van der Waals surface area contributed by atoms with Crippen molar-refractivity contribution in [3.63, 3.8) is 0 Å². The summed E-state index contributed by atoms with van der Waals surface area (Å²) in [4.78, 5) is 25.3. The van der Waals surface area contributed by atoms with Crippen LogP contribution in [0.3, 0.4) is 0 Å². The zero-order valence-electron chi connectivity index (χ0n) is 11.0. The average molecular weight is 268 g/mol. The van der Waals surface area contributed by atoms with Gasteiger partial charge in [-0.25, -0.2) is 4.79 Å². The monoisotopic (exact) mass is 268 g/mol. The number of carbonyl (C=O) groups excluding carboxylic acids is 2. The summed E-state index contributed by atoms with van der Waals surface area (Å²) in [6.45, 7) is 3.45. The second-order valence-electron chi connectivity index (χ2n) is 5.69. The minimum absolute atomic E-state index is 0.116. The third kappa shape index (κ3) is 2.54. The highest BCUT2D eigenvalue weighted by Crippen LogP contribution is 2.32. The third-order valence-corrected chi connectivity index (χ3v) is 4.39. The van der Waals surface area contributed by atoms with Gasteiger partial charge in [-0.05, 0) is 19.4 Å². The minimum atomic E-state index is -0.573. The molecule has 3 heterocycles. The Morgan fingerprint density at radius 1 is 1.37 bits per heavy atom. The lowest BCUT2D eigenvalue weighted by molar-refractivity contribution is -0.139. The topological polar surface area (TPSA) is 67.9 Å². The first kappa shape index (κ1) is 12.7. The molecule has 6 nitrogen and oxygen atoms in total. The van der Waals surface area contributed by atoms with E-state index in [-0.39, 0.29) is 11.8 Å². The predicted molar refractivity (Wildman–Crippen MR) is 66.6 cm³/mol. The van der Waals surface area contributed by atoms with Gasteiger partial charge >= 0.3 is 6.16 Å². The maximum Gasteiger partial charge on any atom is 0.509 e. The van der Waals surface area contributed by atoms with Crippen molar-refractivity contribution in [2.24, 2.45) is 5.92 Å². The second kappa shape index (κ2) is 5.00. The van der Waals surface area contributed by atoms with Gasteiger partial charge in [0.15, 0.2) is 5.60 Å². The van der Waals surface area contributed by atoms with Crippen molar-refractivity contribution in [3.8, 4) is 0 Å². The van der Waals surface area contributed by atoms with Crippen LogP contribution < -0.4 is 5.32 Å². The fraction of sp³-hybridized carbons (Fsp3) is 0.846. The van der Waals surface area contributed by atoms with Crippen molar-refractivity contribution in [1.82, 2.24) is 10.2 Å². The highest BCUT2D eigenvalue weighted by Gasteiger charge is 2.45. The van der Waals surface area contributed by atoms with Gasteiger partial charge in [0.25, 0.3) is 0 Å². The van der Waals surface area contributed by atoms with E-state index in [1.54, 1.807) is 0 Å². The standard InChI is InChI=1S/C13H20N2O4/c16-11(10-2-1-5-14-8-10)15-6-3-13(4-7-15)9-18-12(17)19-13/h10,14H,1-9H2/t10-/m0/s1. The number of ether oxygens (including phenoxy) is 2. The molecule has 0 aromatic heterocycles. The minimum Gasteiger partial charge on any atom is -0.430 e. The molecule has 19 heavy (non-hydrogen) atoms. The van der Waals surface area contributed by atoms with E-state index in [9.17, 15) is 9.59 Å². The lowest BCUT2D eigenvalue weighted by Crippen LogP contribution is -2.51. The lowest BCUT2D eigenvalue weighted by atomic mass is 9.90. The van der Waals surface area contributed by atoms with E-state index in [0.29, 0.717) is 32.5 Å². The largest absolute Gasteiger partial charge is 0.509 e. The molecule has 3 fully saturated rings. The van der Waals surface area contributed by atoms with Gasteiger partial charge in [-0.3, -0.25) is 4.79 Å². The molecule has 3 rings (SSSR count). The van der Waals surface area contributed by atoms with E-state index >= 15 is 0 Å². The number of hydrogen-bond acceptors (Lipinski definition) is 5. The third-order valence-electron chi connectivity index (χ3n) is 4.39. The van der Waals surface area contributed by atoms with Crippen LogP contribution in [0, 0.1) is 5.92 Å². The van der Waals surface area contributed by atoms with Crippen molar-refractivity contribution in [2.45, 2.75) is 31.3 Å². The first-order valence-corrected chi connectivity index (χ1v) is 7.04. The normalized spacial score (nSPS) is 30.0. The zero-order chi connectivity index (χ0) is 13.3. The predicted octanol–water partition coefficient (Wildman–Crippen LogP) is 0.514. The summed E-state index contributed by atoms with van der Waals surface area (Å²) >= 11 is 0. The Balaban J connectivity index is 1.54. The van der Waals surface area contributed by atoms with E-state index in [1.807, 2.05) is 4.90 Å². The van der Waals surface area contributed by atoms with Crippen molar-refractivity contribution >= 4 is 12.1 Å². The summed E-state index contributed by atoms with van der Waals surface area (Å²) in [6, 6.07) is 0. The smallest absolute Gasteiger partial charge is 0.430 e. The molecule has 0 aromatic rings. The highest BCUT2D eigenvalue weighted by molar-refractivity contribution is 5.79. The molecule has 3 saturated heterocycles. The molecule has 1 spiro atoms. The molecule has 6 heteroatoms. The van der Waals surface area contributed by atoms with Crippen molar-refractivity contribution in [1.29, 1.82) is 0 Å². The van der Waals surface area contributed by atoms with Crippen LogP contribution in [-0.2, 0) is 14.3 Å². The van der Waals surface area contributed by atoms with Crippen LogP contribution in [0.1, 0.15) is 25.7 Å². The molecule has 0 aliphatic carbocycles. The van der Waals surface area contributed by atoms with E-state index in [1.165, 1.54) is 0 Å². The number of amides is 1. The maximum absolute atomic E-state index is 12.4. The van der Waals surface area contributed by atoms with E-state index in [0.717, 1.165) is 25.9 Å². The molecule has 1 N–H and O–H groups in total. The van der Waals surface area contributed by atoms with Crippen LogP contribution in [0.25, 0.3) is 0 Å². The number of likely N-dealkylation sites (tertiary alicyclic amines) is 1. The molecule has 106 valence electrons. The number of nitrogens with zero attached hydrogens (tertiary/aromatic N) is 1. The summed E-state index contributed by atoms with van der Waals surface area (Å²) in [6.07, 6.45) is 2.84. The molecule has 0 saturated carbocycles. The number of rotatable bonds is 1. The van der Waals surface area contributed by atoms with Gasteiger partial charge in [0.05, 0.1) is 5.92 Å². The number of cyclic esters (lactones) is 1. The molecule has 0 bridgehead atoms. The molecule has 3 aliphatic rings. The average Bonchev–Trinajstić information content (AvgIpc) is 2.81. The molecular weight excluding hydrogens is 248 g/mol. The molecule has 0 unspecified atom stereocenters. The quantitative estimate of drug-likeness (QED) is 0.702. The Labute approximate surface area is 112 Å². The molecule has 3 aliphatic heterocycles. The van der Waals surface area contributed by atoms with Gasteiger partial charge in [0.2, 0.25) is 5.91 Å². The summed E-state index contributed by atoms with van der Waals surface area (Å²) < 4.78 is 10.1. The number of carbonyl (C=O) groups is 2. The highest BCUT2D eigenvalue weighted by atomic mass is 16.8. The lowest BCUT2D eigenvalue weighted by Gasteiger charge is -2.38. The van der Waals surface area contributed by atoms with Gasteiger partial charge in [0.1, 0.15) is 6.61 Å². The Bertz CT molecular complexity index is 371. The van der Waals surface area contributed by atoms with E-state index < -0.39 is 11.8 Å². The number of nitrogens with one attached hydrogen (secondary N) is 1. The SMILES string of the molecule is O=C1OCC2(CCN(C(=O)[C@H]3CCCNC3)CC2)O1. The van der Waals surface area contributed by atoms with Gasteiger partial charge in [-0.2, -0.15) is 0 Å². The molecule has 0 aromatic carbocycles.